The van der Waals surface area contributed by atoms with Crippen LogP contribution in [0.4, 0.5) is 11.4 Å². The van der Waals surface area contributed by atoms with Gasteiger partial charge >= 0.3 is 0 Å². The molecule has 10 nitrogen and oxygen atoms in total. The fourth-order valence-electron chi connectivity index (χ4n) is 2.88. The van der Waals surface area contributed by atoms with Crippen molar-refractivity contribution >= 4 is 28.9 Å². The molecule has 0 spiro atoms. The highest BCUT2D eigenvalue weighted by Crippen LogP contribution is 2.39. The maximum Gasteiger partial charge on any atom is 0.225 e. The summed E-state index contributed by atoms with van der Waals surface area (Å²) in [5, 5.41) is 21.4. The number of methoxy groups -OCH3 is 2. The van der Waals surface area contributed by atoms with E-state index in [-0.39, 0.29) is 17.3 Å². The number of nitrogens with one attached hydrogen (secondary N) is 2. The van der Waals surface area contributed by atoms with Gasteiger partial charge in [-0.05, 0) is 17.7 Å². The predicted octanol–water partition coefficient (Wildman–Crippen LogP) is 2.11. The summed E-state index contributed by atoms with van der Waals surface area (Å²) in [6.07, 6.45) is 1.27. The molecule has 1 aromatic carbocycles. The normalized spacial score (nSPS) is 12.6. The number of anilines is 2. The molecule has 0 unspecified atom stereocenters. The molecule has 30 heavy (non-hydrogen) atoms. The van der Waals surface area contributed by atoms with Crippen LogP contribution in [0.15, 0.2) is 24.4 Å². The molecule has 1 amide bonds. The molecule has 2 N–H and O–H groups in total. The van der Waals surface area contributed by atoms with Crippen LogP contribution in [0, 0.1) is 0 Å². The standard InChI is InChI=1S/C19H22ClN7O3/c1-21-18(28)8-14-13(7-17(20)25-24-14)23-15-6-11(10-29-3)5-12(19(15)30-4)16-9-22-27(2)26-16/h5-7,9H,8,10H2,1-4H3,(H,21,28)(H,23,25)/i1D3. The van der Waals surface area contributed by atoms with Crippen LogP contribution in [0.3, 0.4) is 0 Å². The van der Waals surface area contributed by atoms with Gasteiger partial charge in [0, 0.05) is 36.9 Å². The SMILES string of the molecule is [2H]C([2H])([2H])NC(=O)Cc1nnc(Cl)cc1Nc1cc(COC)cc(-c2cnn(C)n2)c1OC. The number of benzene rings is 1. The van der Waals surface area contributed by atoms with Crippen LogP contribution in [0.25, 0.3) is 11.3 Å². The molecule has 0 radical (unpaired) electrons. The monoisotopic (exact) mass is 434 g/mol. The predicted molar refractivity (Wildman–Crippen MR) is 112 cm³/mol. The van der Waals surface area contributed by atoms with Crippen molar-refractivity contribution in [3.8, 4) is 17.0 Å². The first-order valence-corrected chi connectivity index (χ1v) is 9.14. The summed E-state index contributed by atoms with van der Waals surface area (Å²) in [5.41, 5.74) is 3.14. The number of hydrogen-bond acceptors (Lipinski definition) is 8. The van der Waals surface area contributed by atoms with Crippen LogP contribution in [0.5, 0.6) is 5.75 Å². The molecule has 158 valence electrons. The molecule has 0 fully saturated rings. The minimum Gasteiger partial charge on any atom is -0.494 e. The molecular weight excluding hydrogens is 410 g/mol. The molecule has 0 aliphatic rings. The average Bonchev–Trinajstić information content (AvgIpc) is 3.15. The lowest BCUT2D eigenvalue weighted by molar-refractivity contribution is -0.120. The molecule has 0 aliphatic heterocycles. The summed E-state index contributed by atoms with van der Waals surface area (Å²) in [4.78, 5) is 13.6. The van der Waals surface area contributed by atoms with Crippen molar-refractivity contribution in [2.24, 2.45) is 7.05 Å². The van der Waals surface area contributed by atoms with Crippen molar-refractivity contribution in [3.63, 3.8) is 0 Å². The van der Waals surface area contributed by atoms with Crippen LogP contribution >= 0.6 is 11.6 Å². The van der Waals surface area contributed by atoms with E-state index in [1.165, 1.54) is 18.0 Å². The van der Waals surface area contributed by atoms with Gasteiger partial charge in [-0.15, -0.1) is 5.10 Å². The number of rotatable bonds is 8. The lowest BCUT2D eigenvalue weighted by Gasteiger charge is -2.17. The highest BCUT2D eigenvalue weighted by atomic mass is 35.5. The van der Waals surface area contributed by atoms with E-state index in [1.807, 2.05) is 17.4 Å². The van der Waals surface area contributed by atoms with Crippen LogP contribution in [0.1, 0.15) is 15.4 Å². The number of carbonyl (C=O) groups is 1. The van der Waals surface area contributed by atoms with E-state index in [0.717, 1.165) is 5.56 Å². The maximum atomic E-state index is 12.2. The van der Waals surface area contributed by atoms with E-state index in [9.17, 15) is 4.79 Å². The van der Waals surface area contributed by atoms with E-state index in [2.05, 4.69) is 25.7 Å². The molecule has 3 aromatic rings. The maximum absolute atomic E-state index is 12.2. The highest BCUT2D eigenvalue weighted by molar-refractivity contribution is 6.29. The second kappa shape index (κ2) is 9.51. The van der Waals surface area contributed by atoms with Crippen molar-refractivity contribution in [1.82, 2.24) is 30.5 Å². The molecule has 3 rings (SSSR count). The minimum absolute atomic E-state index is 0.0821. The number of ether oxygens (including phenoxy) is 2. The first-order chi connectivity index (χ1) is 15.6. The molecular formula is C19H22ClN7O3. The zero-order chi connectivity index (χ0) is 24.2. The number of hydrogen-bond donors (Lipinski definition) is 2. The van der Waals surface area contributed by atoms with Gasteiger partial charge in [0.1, 0.15) is 5.69 Å². The second-order valence-corrected chi connectivity index (χ2v) is 6.64. The van der Waals surface area contributed by atoms with Gasteiger partial charge in [0.25, 0.3) is 0 Å². The molecule has 11 heteroatoms. The Morgan fingerprint density at radius 3 is 2.77 bits per heavy atom. The third kappa shape index (κ3) is 4.84. The zero-order valence-electron chi connectivity index (χ0n) is 19.6. The van der Waals surface area contributed by atoms with Crippen molar-refractivity contribution in [1.29, 1.82) is 0 Å². The summed E-state index contributed by atoms with van der Waals surface area (Å²) in [6, 6.07) is 5.17. The van der Waals surface area contributed by atoms with Gasteiger partial charge in [-0.25, -0.2) is 0 Å². The van der Waals surface area contributed by atoms with Crippen molar-refractivity contribution in [2.75, 3.05) is 26.5 Å². The molecule has 2 heterocycles. The van der Waals surface area contributed by atoms with Gasteiger partial charge in [0.05, 0.1) is 43.4 Å². The number of nitrogens with zero attached hydrogens (tertiary/aromatic N) is 5. The molecule has 0 aliphatic carbocycles. The third-order valence-electron chi connectivity index (χ3n) is 4.12. The highest BCUT2D eigenvalue weighted by Gasteiger charge is 2.18. The number of aryl methyl sites for hydroxylation is 1. The van der Waals surface area contributed by atoms with Gasteiger partial charge in [0.15, 0.2) is 10.9 Å². The smallest absolute Gasteiger partial charge is 0.225 e. The third-order valence-corrected chi connectivity index (χ3v) is 4.30. The van der Waals surface area contributed by atoms with E-state index >= 15 is 0 Å². The Balaban J connectivity index is 2.04. The summed E-state index contributed by atoms with van der Waals surface area (Å²) in [5.74, 6) is -0.281. The van der Waals surface area contributed by atoms with Crippen LogP contribution in [-0.2, 0) is 29.6 Å². The minimum atomic E-state index is -2.62. The fourth-order valence-corrected chi connectivity index (χ4v) is 3.03. The Morgan fingerprint density at radius 1 is 1.27 bits per heavy atom. The summed E-state index contributed by atoms with van der Waals surface area (Å²) < 4.78 is 32.6. The van der Waals surface area contributed by atoms with E-state index in [1.54, 1.807) is 20.4 Å². The largest absolute Gasteiger partial charge is 0.494 e. The topological polar surface area (TPSA) is 116 Å². The van der Waals surface area contributed by atoms with Gasteiger partial charge in [-0.1, -0.05) is 11.6 Å². The van der Waals surface area contributed by atoms with E-state index in [4.69, 9.17) is 25.2 Å². The van der Waals surface area contributed by atoms with Crippen LogP contribution < -0.4 is 15.4 Å². The second-order valence-electron chi connectivity index (χ2n) is 6.25. The molecule has 0 atom stereocenters. The Hall–Kier alpha value is -3.24. The Kier molecular flexibility index (Phi) is 5.58. The lowest BCUT2D eigenvalue weighted by atomic mass is 10.0. The fraction of sp³-hybridized carbons (Fsp3) is 0.316. The van der Waals surface area contributed by atoms with E-state index < -0.39 is 12.9 Å². The number of carbonyl (C=O) groups excluding carboxylic acids is 1. The van der Waals surface area contributed by atoms with Crippen molar-refractivity contribution in [2.45, 2.75) is 13.0 Å². The Morgan fingerprint density at radius 2 is 2.10 bits per heavy atom. The first-order valence-electron chi connectivity index (χ1n) is 10.3. The first kappa shape index (κ1) is 17.6. The molecule has 0 saturated heterocycles. The Bertz CT molecular complexity index is 1150. The van der Waals surface area contributed by atoms with Crippen LogP contribution in [0.2, 0.25) is 5.15 Å². The van der Waals surface area contributed by atoms with Crippen molar-refractivity contribution in [3.05, 3.63) is 40.8 Å². The summed E-state index contributed by atoms with van der Waals surface area (Å²) in [7, 11) is 4.79. The summed E-state index contributed by atoms with van der Waals surface area (Å²) in [6.45, 7) is -2.30. The van der Waals surface area contributed by atoms with Crippen molar-refractivity contribution < 1.29 is 18.4 Å². The number of halogens is 1. The van der Waals surface area contributed by atoms with E-state index in [0.29, 0.717) is 35.0 Å². The molecule has 2 aromatic heterocycles. The number of aromatic nitrogens is 5. The van der Waals surface area contributed by atoms with Gasteiger partial charge < -0.3 is 20.1 Å². The number of likely N-dealkylation sites (N-methyl/N-ethyl adjacent to an activating group) is 1. The quantitative estimate of drug-likeness (QED) is 0.553. The van der Waals surface area contributed by atoms with Gasteiger partial charge in [0.2, 0.25) is 5.91 Å². The average molecular weight is 435 g/mol. The van der Waals surface area contributed by atoms with Gasteiger partial charge in [-0.3, -0.25) is 4.79 Å². The van der Waals surface area contributed by atoms with Gasteiger partial charge in [-0.2, -0.15) is 20.1 Å². The zero-order valence-corrected chi connectivity index (χ0v) is 17.3. The molecule has 0 bridgehead atoms. The number of amides is 1. The summed E-state index contributed by atoms with van der Waals surface area (Å²) >= 11 is 6.03. The molecule has 0 saturated carbocycles. The Labute approximate surface area is 182 Å². The lowest BCUT2D eigenvalue weighted by Crippen LogP contribution is -2.21. The van der Waals surface area contributed by atoms with Crippen LogP contribution in [-0.4, -0.2) is 52.3 Å².